The summed E-state index contributed by atoms with van der Waals surface area (Å²) >= 11 is 3.80. The first kappa shape index (κ1) is 22.6. The van der Waals surface area contributed by atoms with E-state index in [2.05, 4.69) is 166 Å². The standard InChI is InChI=1S/C37H24BrN/c38-27-19-21-29-32-24-28(39-35-17-9-7-15-30(35)31-16-8-10-18-36(31)39)20-22-33(32)37(34(29)23-27,25-11-3-1-4-12-25)26-13-5-2-6-14-26/h1-24H. The molecule has 0 fully saturated rings. The van der Waals surface area contributed by atoms with E-state index in [0.717, 1.165) is 4.47 Å². The Kier molecular flexibility index (Phi) is 4.95. The molecule has 6 aromatic carbocycles. The molecular weight excluding hydrogens is 538 g/mol. The lowest BCUT2D eigenvalue weighted by molar-refractivity contribution is 0.767. The first-order valence-corrected chi connectivity index (χ1v) is 14.1. The Hall–Kier alpha value is -4.40. The van der Waals surface area contributed by atoms with Crippen LogP contribution in [0.2, 0.25) is 0 Å². The van der Waals surface area contributed by atoms with E-state index in [0.29, 0.717) is 0 Å². The molecule has 0 atom stereocenters. The highest BCUT2D eigenvalue weighted by atomic mass is 79.9. The lowest BCUT2D eigenvalue weighted by atomic mass is 9.68. The zero-order valence-electron chi connectivity index (χ0n) is 21.2. The van der Waals surface area contributed by atoms with Gasteiger partial charge in [0, 0.05) is 20.9 Å². The van der Waals surface area contributed by atoms with Gasteiger partial charge in [0.25, 0.3) is 0 Å². The van der Waals surface area contributed by atoms with Crippen molar-refractivity contribution >= 4 is 37.7 Å². The van der Waals surface area contributed by atoms with Crippen LogP contribution in [0.5, 0.6) is 0 Å². The van der Waals surface area contributed by atoms with Crippen LogP contribution in [0.25, 0.3) is 38.6 Å². The Balaban J connectivity index is 1.48. The number of hydrogen-bond acceptors (Lipinski definition) is 0. The van der Waals surface area contributed by atoms with Crippen LogP contribution in [-0.2, 0) is 5.41 Å². The van der Waals surface area contributed by atoms with Crippen molar-refractivity contribution in [3.8, 4) is 16.8 Å². The Labute approximate surface area is 236 Å². The zero-order chi connectivity index (χ0) is 26.0. The normalized spacial score (nSPS) is 13.5. The van der Waals surface area contributed by atoms with E-state index in [9.17, 15) is 0 Å². The average molecular weight is 563 g/mol. The van der Waals surface area contributed by atoms with Crippen molar-refractivity contribution in [1.29, 1.82) is 0 Å². The van der Waals surface area contributed by atoms with Crippen LogP contribution in [0.4, 0.5) is 0 Å². The largest absolute Gasteiger partial charge is 0.309 e. The van der Waals surface area contributed by atoms with Crippen LogP contribution >= 0.6 is 15.9 Å². The SMILES string of the molecule is Brc1ccc2c(c1)C(c1ccccc1)(c1ccccc1)c1ccc(-n3c4ccccc4c4ccccc43)cc1-2. The van der Waals surface area contributed by atoms with Crippen LogP contribution in [-0.4, -0.2) is 4.57 Å². The van der Waals surface area contributed by atoms with E-state index in [1.165, 1.54) is 60.9 Å². The molecule has 1 aliphatic carbocycles. The number of aromatic nitrogens is 1. The number of nitrogens with zero attached hydrogens (tertiary/aromatic N) is 1. The molecule has 1 nitrogen and oxygen atoms in total. The molecule has 1 heterocycles. The van der Waals surface area contributed by atoms with Gasteiger partial charge in [-0.05, 0) is 69.8 Å². The fraction of sp³-hybridized carbons (Fsp3) is 0.0270. The predicted molar refractivity (Wildman–Crippen MR) is 166 cm³/mol. The van der Waals surface area contributed by atoms with Gasteiger partial charge in [-0.2, -0.15) is 0 Å². The fourth-order valence-electron chi connectivity index (χ4n) is 6.79. The van der Waals surface area contributed by atoms with Gasteiger partial charge in [0.2, 0.25) is 0 Å². The van der Waals surface area contributed by atoms with Gasteiger partial charge in [-0.25, -0.2) is 0 Å². The van der Waals surface area contributed by atoms with Crippen molar-refractivity contribution in [3.63, 3.8) is 0 Å². The van der Waals surface area contributed by atoms with Gasteiger partial charge < -0.3 is 4.57 Å². The maximum Gasteiger partial charge on any atom is 0.0713 e. The first-order valence-electron chi connectivity index (χ1n) is 13.3. The summed E-state index contributed by atoms with van der Waals surface area (Å²) < 4.78 is 3.50. The molecule has 2 heteroatoms. The molecule has 0 N–H and O–H groups in total. The molecule has 0 aliphatic heterocycles. The van der Waals surface area contributed by atoms with Crippen LogP contribution in [0.3, 0.4) is 0 Å². The third kappa shape index (κ3) is 3.13. The summed E-state index contributed by atoms with van der Waals surface area (Å²) in [6.45, 7) is 0. The molecule has 184 valence electrons. The quantitative estimate of drug-likeness (QED) is 0.202. The highest BCUT2D eigenvalue weighted by Gasteiger charge is 2.46. The second-order valence-corrected chi connectivity index (χ2v) is 11.2. The number of benzene rings is 6. The van der Waals surface area contributed by atoms with E-state index < -0.39 is 5.41 Å². The number of para-hydroxylation sites is 2. The van der Waals surface area contributed by atoms with Crippen LogP contribution in [0.15, 0.2) is 150 Å². The minimum Gasteiger partial charge on any atom is -0.309 e. The second-order valence-electron chi connectivity index (χ2n) is 10.3. The minimum atomic E-state index is -0.406. The van der Waals surface area contributed by atoms with Gasteiger partial charge in [-0.3, -0.25) is 0 Å². The molecule has 0 spiro atoms. The number of hydrogen-bond donors (Lipinski definition) is 0. The Morgan fingerprint density at radius 3 is 1.64 bits per heavy atom. The lowest BCUT2D eigenvalue weighted by Gasteiger charge is -2.34. The summed E-state index contributed by atoms with van der Waals surface area (Å²) in [5.74, 6) is 0. The molecule has 0 bridgehead atoms. The molecule has 7 aromatic rings. The molecule has 1 aromatic heterocycles. The summed E-state index contributed by atoms with van der Waals surface area (Å²) in [6.07, 6.45) is 0. The molecule has 8 rings (SSSR count). The van der Waals surface area contributed by atoms with Gasteiger partial charge >= 0.3 is 0 Å². The maximum atomic E-state index is 3.80. The molecule has 1 aliphatic rings. The van der Waals surface area contributed by atoms with E-state index in [-0.39, 0.29) is 0 Å². The highest BCUT2D eigenvalue weighted by molar-refractivity contribution is 9.10. The summed E-state index contributed by atoms with van der Waals surface area (Å²) in [5, 5.41) is 2.56. The van der Waals surface area contributed by atoms with E-state index in [4.69, 9.17) is 0 Å². The predicted octanol–water partition coefficient (Wildman–Crippen LogP) is 9.91. The van der Waals surface area contributed by atoms with Crippen LogP contribution < -0.4 is 0 Å². The summed E-state index contributed by atoms with van der Waals surface area (Å²) in [5.41, 5.74) is 11.0. The smallest absolute Gasteiger partial charge is 0.0713 e. The Bertz CT molecular complexity index is 1930. The monoisotopic (exact) mass is 561 g/mol. The molecule has 0 radical (unpaired) electrons. The maximum absolute atomic E-state index is 3.80. The Morgan fingerprint density at radius 1 is 0.462 bits per heavy atom. The van der Waals surface area contributed by atoms with E-state index >= 15 is 0 Å². The lowest BCUT2D eigenvalue weighted by Crippen LogP contribution is -2.28. The number of fused-ring (bicyclic) bond motifs is 6. The van der Waals surface area contributed by atoms with Crippen molar-refractivity contribution in [1.82, 2.24) is 4.57 Å². The zero-order valence-corrected chi connectivity index (χ0v) is 22.8. The first-order chi connectivity index (χ1) is 19.3. The molecule has 39 heavy (non-hydrogen) atoms. The number of rotatable bonds is 3. The fourth-order valence-corrected chi connectivity index (χ4v) is 7.15. The average Bonchev–Trinajstić information content (AvgIpc) is 3.48. The molecule has 0 saturated heterocycles. The van der Waals surface area contributed by atoms with Gasteiger partial charge in [-0.1, -0.05) is 125 Å². The van der Waals surface area contributed by atoms with Crippen molar-refractivity contribution < 1.29 is 0 Å². The van der Waals surface area contributed by atoms with Crippen molar-refractivity contribution in [2.75, 3.05) is 0 Å². The summed E-state index contributed by atoms with van der Waals surface area (Å²) in [6, 6.07) is 53.2. The Morgan fingerprint density at radius 2 is 1.03 bits per heavy atom. The van der Waals surface area contributed by atoms with Gasteiger partial charge in [0.15, 0.2) is 0 Å². The molecular formula is C37H24BrN. The van der Waals surface area contributed by atoms with Gasteiger partial charge in [-0.15, -0.1) is 0 Å². The number of halogens is 1. The van der Waals surface area contributed by atoms with Crippen molar-refractivity contribution in [2.45, 2.75) is 5.41 Å². The topological polar surface area (TPSA) is 4.93 Å². The van der Waals surface area contributed by atoms with Gasteiger partial charge in [0.1, 0.15) is 0 Å². The van der Waals surface area contributed by atoms with Crippen LogP contribution in [0.1, 0.15) is 22.3 Å². The van der Waals surface area contributed by atoms with E-state index in [1.54, 1.807) is 0 Å². The third-order valence-corrected chi connectivity index (χ3v) is 8.83. The second kappa shape index (κ2) is 8.56. The summed E-state index contributed by atoms with van der Waals surface area (Å²) in [4.78, 5) is 0. The van der Waals surface area contributed by atoms with Crippen molar-refractivity contribution in [2.24, 2.45) is 0 Å². The minimum absolute atomic E-state index is 0.406. The summed E-state index contributed by atoms with van der Waals surface area (Å²) in [7, 11) is 0. The molecule has 0 saturated carbocycles. The molecule has 0 unspecified atom stereocenters. The van der Waals surface area contributed by atoms with E-state index in [1.807, 2.05) is 0 Å². The highest BCUT2D eigenvalue weighted by Crippen LogP contribution is 2.57. The molecule has 0 amide bonds. The van der Waals surface area contributed by atoms with Crippen molar-refractivity contribution in [3.05, 3.63) is 172 Å². The van der Waals surface area contributed by atoms with Gasteiger partial charge in [0.05, 0.1) is 16.4 Å². The third-order valence-electron chi connectivity index (χ3n) is 8.33. The van der Waals surface area contributed by atoms with Crippen LogP contribution in [0, 0.1) is 0 Å².